The number of aromatic nitrogens is 5. The van der Waals surface area contributed by atoms with Crippen LogP contribution in [-0.2, 0) is 11.3 Å². The van der Waals surface area contributed by atoms with E-state index in [1.807, 2.05) is 21.6 Å². The SMILES string of the molecule is N=c1ncn(CCC2CCN(C=O)CC2)c2nc(Sc3ncccc3Br)[nH]c12. The molecule has 0 atom stereocenters. The first-order valence-corrected chi connectivity index (χ1v) is 10.7. The molecule has 3 aromatic heterocycles. The van der Waals surface area contributed by atoms with Gasteiger partial charge in [0.1, 0.15) is 10.5 Å². The maximum atomic E-state index is 10.9. The molecule has 0 spiro atoms. The minimum Gasteiger partial charge on any atom is -0.345 e. The van der Waals surface area contributed by atoms with Crippen molar-refractivity contribution in [2.75, 3.05) is 13.1 Å². The summed E-state index contributed by atoms with van der Waals surface area (Å²) in [5.41, 5.74) is 1.55. The van der Waals surface area contributed by atoms with E-state index in [2.05, 4.69) is 30.9 Å². The van der Waals surface area contributed by atoms with Gasteiger partial charge in [-0.15, -0.1) is 0 Å². The van der Waals surface area contributed by atoms with E-state index in [-0.39, 0.29) is 5.49 Å². The van der Waals surface area contributed by atoms with Gasteiger partial charge in [-0.05, 0) is 65.0 Å². The second kappa shape index (κ2) is 8.44. The van der Waals surface area contributed by atoms with E-state index in [9.17, 15) is 4.79 Å². The zero-order valence-electron chi connectivity index (χ0n) is 15.1. The summed E-state index contributed by atoms with van der Waals surface area (Å²) in [4.78, 5) is 29.2. The number of carbonyl (C=O) groups excluding carboxylic acids is 1. The van der Waals surface area contributed by atoms with Crippen LogP contribution < -0.4 is 5.49 Å². The highest BCUT2D eigenvalue weighted by molar-refractivity contribution is 9.10. The topological polar surface area (TPSA) is 104 Å². The number of hydrogen-bond acceptors (Lipinski definition) is 6. The van der Waals surface area contributed by atoms with E-state index in [0.717, 1.165) is 60.5 Å². The van der Waals surface area contributed by atoms with Crippen LogP contribution >= 0.6 is 27.7 Å². The quantitative estimate of drug-likeness (QED) is 0.549. The molecule has 28 heavy (non-hydrogen) atoms. The zero-order chi connectivity index (χ0) is 19.5. The molecule has 1 aliphatic rings. The number of aromatic amines is 1. The molecule has 146 valence electrons. The van der Waals surface area contributed by atoms with Crippen molar-refractivity contribution in [2.24, 2.45) is 5.92 Å². The Labute approximate surface area is 174 Å². The van der Waals surface area contributed by atoms with Gasteiger partial charge >= 0.3 is 0 Å². The summed E-state index contributed by atoms with van der Waals surface area (Å²) in [6, 6.07) is 3.80. The van der Waals surface area contributed by atoms with Gasteiger partial charge in [-0.2, -0.15) is 0 Å². The standard InChI is InChI=1S/C18H20BrN7OS/c19-13-2-1-6-21-17(13)28-18-23-14-15(20)22-10-26(16(14)24-18)9-5-12-3-7-25(11-27)8-4-12/h1-2,6,10-12,20H,3-5,7-9H2,(H,23,24). The summed E-state index contributed by atoms with van der Waals surface area (Å²) < 4.78 is 2.91. The lowest BCUT2D eigenvalue weighted by Crippen LogP contribution is -2.32. The van der Waals surface area contributed by atoms with Crippen LogP contribution in [0, 0.1) is 11.3 Å². The number of imidazole rings is 1. The molecule has 1 aliphatic heterocycles. The Hall–Kier alpha value is -2.20. The lowest BCUT2D eigenvalue weighted by molar-refractivity contribution is -0.119. The Bertz CT molecular complexity index is 1040. The summed E-state index contributed by atoms with van der Waals surface area (Å²) in [5, 5.41) is 9.60. The molecule has 1 fully saturated rings. The molecule has 3 aromatic rings. The summed E-state index contributed by atoms with van der Waals surface area (Å²) in [6.45, 7) is 2.46. The monoisotopic (exact) mass is 461 g/mol. The van der Waals surface area contributed by atoms with E-state index in [0.29, 0.717) is 16.6 Å². The number of likely N-dealkylation sites (tertiary alicyclic amines) is 1. The van der Waals surface area contributed by atoms with Gasteiger partial charge in [0.05, 0.1) is 10.8 Å². The molecule has 0 unspecified atom stereocenters. The highest BCUT2D eigenvalue weighted by Crippen LogP contribution is 2.30. The normalized spacial score (nSPS) is 15.2. The third kappa shape index (κ3) is 4.12. The summed E-state index contributed by atoms with van der Waals surface area (Å²) in [6.07, 6.45) is 7.44. The maximum absolute atomic E-state index is 10.9. The average Bonchev–Trinajstić information content (AvgIpc) is 3.14. The number of pyridine rings is 1. The zero-order valence-corrected chi connectivity index (χ0v) is 17.5. The molecule has 0 radical (unpaired) electrons. The number of halogens is 1. The van der Waals surface area contributed by atoms with Crippen LogP contribution in [0.3, 0.4) is 0 Å². The first-order valence-electron chi connectivity index (χ1n) is 9.11. The van der Waals surface area contributed by atoms with Crippen molar-refractivity contribution >= 4 is 45.3 Å². The molecule has 0 aromatic carbocycles. The molecule has 0 saturated carbocycles. The van der Waals surface area contributed by atoms with Crippen molar-refractivity contribution in [1.82, 2.24) is 29.4 Å². The van der Waals surface area contributed by atoms with Crippen LogP contribution in [0.5, 0.6) is 0 Å². The molecule has 8 nitrogen and oxygen atoms in total. The van der Waals surface area contributed by atoms with Crippen LogP contribution in [0.4, 0.5) is 0 Å². The molecule has 4 rings (SSSR count). The first kappa shape index (κ1) is 19.1. The van der Waals surface area contributed by atoms with Gasteiger partial charge in [-0.3, -0.25) is 10.2 Å². The number of aryl methyl sites for hydroxylation is 1. The molecule has 10 heteroatoms. The fraction of sp³-hybridized carbons (Fsp3) is 0.389. The predicted octanol–water partition coefficient (Wildman–Crippen LogP) is 2.81. The van der Waals surface area contributed by atoms with Gasteiger partial charge in [0.25, 0.3) is 0 Å². The number of piperidine rings is 1. The van der Waals surface area contributed by atoms with Gasteiger partial charge in [0, 0.05) is 25.8 Å². The van der Waals surface area contributed by atoms with Gasteiger partial charge in [-0.25, -0.2) is 15.0 Å². The Morgan fingerprint density at radius 3 is 2.93 bits per heavy atom. The third-order valence-corrected chi connectivity index (χ3v) is 6.80. The second-order valence-electron chi connectivity index (χ2n) is 6.79. The second-order valence-corrected chi connectivity index (χ2v) is 8.62. The number of nitrogens with zero attached hydrogens (tertiary/aromatic N) is 5. The average molecular weight is 462 g/mol. The van der Waals surface area contributed by atoms with E-state index >= 15 is 0 Å². The fourth-order valence-electron chi connectivity index (χ4n) is 3.38. The molecule has 1 saturated heterocycles. The van der Waals surface area contributed by atoms with E-state index < -0.39 is 0 Å². The van der Waals surface area contributed by atoms with Crippen molar-refractivity contribution < 1.29 is 4.79 Å². The lowest BCUT2D eigenvalue weighted by Gasteiger charge is -2.29. The van der Waals surface area contributed by atoms with E-state index in [1.165, 1.54) is 11.8 Å². The van der Waals surface area contributed by atoms with E-state index in [4.69, 9.17) is 10.4 Å². The Balaban J connectivity index is 1.52. The number of H-pyrrole nitrogens is 1. The van der Waals surface area contributed by atoms with Crippen LogP contribution in [0.2, 0.25) is 0 Å². The Morgan fingerprint density at radius 2 is 2.18 bits per heavy atom. The van der Waals surface area contributed by atoms with Gasteiger partial charge in [0.15, 0.2) is 16.3 Å². The van der Waals surface area contributed by atoms with Crippen molar-refractivity contribution in [3.8, 4) is 0 Å². The number of fused-ring (bicyclic) bond motifs is 1. The first-order chi connectivity index (χ1) is 13.6. The molecular formula is C18H20BrN7OS. The summed E-state index contributed by atoms with van der Waals surface area (Å²) in [7, 11) is 0. The predicted molar refractivity (Wildman–Crippen MR) is 109 cm³/mol. The number of hydrogen-bond donors (Lipinski definition) is 2. The molecule has 0 aliphatic carbocycles. The van der Waals surface area contributed by atoms with Crippen LogP contribution in [-0.4, -0.2) is 48.9 Å². The van der Waals surface area contributed by atoms with Crippen molar-refractivity contribution in [3.63, 3.8) is 0 Å². The fourth-order valence-corrected chi connectivity index (χ4v) is 4.63. The number of carbonyl (C=O) groups is 1. The van der Waals surface area contributed by atoms with Gasteiger partial charge in [-0.1, -0.05) is 0 Å². The number of amides is 1. The minimum atomic E-state index is 0.185. The Morgan fingerprint density at radius 1 is 1.36 bits per heavy atom. The maximum Gasteiger partial charge on any atom is 0.209 e. The van der Waals surface area contributed by atoms with Gasteiger partial charge in [0.2, 0.25) is 6.41 Å². The smallest absolute Gasteiger partial charge is 0.209 e. The van der Waals surface area contributed by atoms with E-state index in [1.54, 1.807) is 12.5 Å². The molecule has 4 heterocycles. The van der Waals surface area contributed by atoms with Crippen molar-refractivity contribution in [1.29, 1.82) is 5.41 Å². The molecular weight excluding hydrogens is 442 g/mol. The van der Waals surface area contributed by atoms with Crippen LogP contribution in [0.15, 0.2) is 39.3 Å². The van der Waals surface area contributed by atoms with Crippen molar-refractivity contribution in [3.05, 3.63) is 34.6 Å². The van der Waals surface area contributed by atoms with Crippen LogP contribution in [0.25, 0.3) is 11.2 Å². The van der Waals surface area contributed by atoms with Gasteiger partial charge < -0.3 is 14.5 Å². The third-order valence-electron chi connectivity index (χ3n) is 4.99. The number of nitrogens with one attached hydrogen (secondary N) is 2. The molecule has 0 bridgehead atoms. The number of rotatable bonds is 6. The molecule has 2 N–H and O–H groups in total. The largest absolute Gasteiger partial charge is 0.345 e. The summed E-state index contributed by atoms with van der Waals surface area (Å²) in [5.74, 6) is 0.590. The van der Waals surface area contributed by atoms with Crippen molar-refractivity contribution in [2.45, 2.75) is 36.0 Å². The molecule has 1 amide bonds. The minimum absolute atomic E-state index is 0.185. The highest BCUT2D eigenvalue weighted by Gasteiger charge is 2.18. The highest BCUT2D eigenvalue weighted by atomic mass is 79.9. The summed E-state index contributed by atoms with van der Waals surface area (Å²) >= 11 is 4.92. The van der Waals surface area contributed by atoms with Crippen LogP contribution in [0.1, 0.15) is 19.3 Å². The lowest BCUT2D eigenvalue weighted by atomic mass is 9.94. The Kier molecular flexibility index (Phi) is 5.77.